The lowest BCUT2D eigenvalue weighted by Gasteiger charge is -2.29. The molecular formula is C42H49N7O4. The number of morpholine rings is 1. The molecular weight excluding hydrogens is 667 g/mol. The number of piperidine rings is 1. The average Bonchev–Trinajstić information content (AvgIpc) is 3.21. The molecule has 1 atom stereocenters. The average molecular weight is 716 g/mol. The molecule has 0 bridgehead atoms. The predicted octanol–water partition coefficient (Wildman–Crippen LogP) is 6.59. The lowest BCUT2D eigenvalue weighted by molar-refractivity contribution is 0.0359. The molecule has 11 nitrogen and oxygen atoms in total. The first-order chi connectivity index (χ1) is 25.9. The fourth-order valence-corrected chi connectivity index (χ4v) is 7.44. The number of amides is 4. The molecule has 0 radical (unpaired) electrons. The zero-order valence-electron chi connectivity index (χ0n) is 30.5. The number of hydrogen-bond donors (Lipinski definition) is 3. The first-order valence-electron chi connectivity index (χ1n) is 18.9. The van der Waals surface area contributed by atoms with E-state index in [1.54, 1.807) is 54.5 Å². The lowest BCUT2D eigenvalue weighted by atomic mass is 9.87. The Hall–Kier alpha value is -5.26. The van der Waals surface area contributed by atoms with E-state index in [1.807, 2.05) is 18.2 Å². The fraction of sp³-hybridized carbons (Fsp3) is 0.381. The van der Waals surface area contributed by atoms with Gasteiger partial charge >= 0.3 is 6.03 Å². The highest BCUT2D eigenvalue weighted by Crippen LogP contribution is 2.34. The minimum absolute atomic E-state index is 0.0441. The van der Waals surface area contributed by atoms with Crippen LogP contribution in [0.1, 0.15) is 70.0 Å². The first-order valence-corrected chi connectivity index (χ1v) is 18.9. The highest BCUT2D eigenvalue weighted by atomic mass is 16.5. The maximum absolute atomic E-state index is 13.8. The molecule has 0 unspecified atom stereocenters. The van der Waals surface area contributed by atoms with Crippen LogP contribution in [0.3, 0.4) is 0 Å². The summed E-state index contributed by atoms with van der Waals surface area (Å²) in [5.41, 5.74) is 6.87. The van der Waals surface area contributed by atoms with E-state index in [0.29, 0.717) is 48.0 Å². The molecule has 53 heavy (non-hydrogen) atoms. The normalized spacial score (nSPS) is 17.4. The van der Waals surface area contributed by atoms with Crippen molar-refractivity contribution < 1.29 is 19.1 Å². The van der Waals surface area contributed by atoms with Gasteiger partial charge < -0.3 is 30.5 Å². The van der Waals surface area contributed by atoms with Gasteiger partial charge in [-0.05, 0) is 98.2 Å². The van der Waals surface area contributed by atoms with Crippen LogP contribution in [-0.4, -0.2) is 92.2 Å². The molecule has 0 spiro atoms. The van der Waals surface area contributed by atoms with E-state index >= 15 is 0 Å². The third-order valence-corrected chi connectivity index (χ3v) is 10.5. The number of nitrogens with one attached hydrogen (secondary N) is 3. The number of nitrogens with zero attached hydrogens (tertiary/aromatic N) is 4. The highest BCUT2D eigenvalue weighted by molar-refractivity contribution is 6.07. The van der Waals surface area contributed by atoms with Crippen molar-refractivity contribution in [2.75, 3.05) is 75.1 Å². The van der Waals surface area contributed by atoms with Crippen LogP contribution in [0.15, 0.2) is 85.1 Å². The van der Waals surface area contributed by atoms with Crippen LogP contribution in [0.5, 0.6) is 0 Å². The Morgan fingerprint density at radius 2 is 1.64 bits per heavy atom. The number of rotatable bonds is 10. The van der Waals surface area contributed by atoms with Crippen LogP contribution in [0.4, 0.5) is 21.9 Å². The maximum atomic E-state index is 13.8. The van der Waals surface area contributed by atoms with Gasteiger partial charge in [0.05, 0.1) is 30.6 Å². The zero-order valence-corrected chi connectivity index (χ0v) is 30.5. The minimum atomic E-state index is -0.321. The Bertz CT molecular complexity index is 1920. The number of aromatic nitrogens is 1. The van der Waals surface area contributed by atoms with Crippen LogP contribution < -0.4 is 20.9 Å². The Morgan fingerprint density at radius 3 is 2.49 bits per heavy atom. The number of carbonyl (C=O) groups excluding carboxylic acids is 3. The van der Waals surface area contributed by atoms with Crippen molar-refractivity contribution in [1.82, 2.24) is 20.1 Å². The Balaban J connectivity index is 1.08. The third-order valence-electron chi connectivity index (χ3n) is 10.5. The summed E-state index contributed by atoms with van der Waals surface area (Å²) in [6, 6.07) is 24.5. The van der Waals surface area contributed by atoms with E-state index in [2.05, 4.69) is 50.0 Å². The van der Waals surface area contributed by atoms with E-state index in [4.69, 9.17) is 9.72 Å². The van der Waals surface area contributed by atoms with Crippen molar-refractivity contribution in [3.05, 3.63) is 107 Å². The van der Waals surface area contributed by atoms with Crippen molar-refractivity contribution in [3.63, 3.8) is 0 Å². The predicted molar refractivity (Wildman–Crippen MR) is 209 cm³/mol. The minimum Gasteiger partial charge on any atom is -0.379 e. The van der Waals surface area contributed by atoms with E-state index in [1.165, 1.54) is 17.5 Å². The molecule has 3 heterocycles. The number of likely N-dealkylation sites (N-methyl/N-ethyl adjacent to an activating group) is 1. The van der Waals surface area contributed by atoms with E-state index in [0.717, 1.165) is 76.1 Å². The number of ether oxygens (including phenoxy) is 1. The van der Waals surface area contributed by atoms with Crippen LogP contribution in [0.2, 0.25) is 0 Å². The molecule has 0 saturated carbocycles. The quantitative estimate of drug-likeness (QED) is 0.170. The number of hydrogen-bond acceptors (Lipinski definition) is 7. The number of aryl methyl sites for hydroxylation is 1. The van der Waals surface area contributed by atoms with E-state index in [9.17, 15) is 14.4 Å². The second kappa shape index (κ2) is 17.0. The molecule has 3 aromatic carbocycles. The van der Waals surface area contributed by atoms with E-state index in [-0.39, 0.29) is 23.9 Å². The smallest absolute Gasteiger partial charge is 0.321 e. The van der Waals surface area contributed by atoms with Crippen LogP contribution in [0, 0.1) is 0 Å². The number of fused-ring (bicyclic) bond motifs is 1. The molecule has 2 fully saturated rings. The van der Waals surface area contributed by atoms with Gasteiger partial charge in [0.15, 0.2) is 0 Å². The van der Waals surface area contributed by atoms with E-state index < -0.39 is 0 Å². The number of carbonyl (C=O) groups is 3. The number of anilines is 3. The summed E-state index contributed by atoms with van der Waals surface area (Å²) in [6.07, 6.45) is 8.07. The second-order valence-electron chi connectivity index (χ2n) is 14.2. The van der Waals surface area contributed by atoms with Crippen molar-refractivity contribution in [2.24, 2.45) is 0 Å². The molecule has 3 N–H and O–H groups in total. The van der Waals surface area contributed by atoms with Crippen molar-refractivity contribution in [2.45, 2.75) is 44.6 Å². The molecule has 2 aliphatic heterocycles. The Morgan fingerprint density at radius 1 is 0.830 bits per heavy atom. The zero-order chi connectivity index (χ0) is 36.6. The second-order valence-corrected chi connectivity index (χ2v) is 14.2. The summed E-state index contributed by atoms with van der Waals surface area (Å²) in [6.45, 7) is 6.43. The van der Waals surface area contributed by atoms with Crippen molar-refractivity contribution in [1.29, 1.82) is 0 Å². The van der Waals surface area contributed by atoms with Gasteiger partial charge in [-0.2, -0.15) is 0 Å². The summed E-state index contributed by atoms with van der Waals surface area (Å²) in [4.78, 5) is 51.4. The molecule has 276 valence electrons. The molecule has 4 amide bonds. The molecule has 1 aliphatic carbocycles. The standard InChI is InChI=1S/C42H49N7O4/c1-47(21-22-48-23-25-53-26-24-48)42(52)44-33-12-7-11-31(27-33)40(50)46-38-16-15-34(49-19-5-2-6-20-49)29-36(38)39-28-32(17-18-43-39)41(51)45-37-14-8-10-30-9-3-4-13-35(30)37/h3-4,7,9,11-13,15-18,27-29,37H,2,5-6,8,10,14,19-26H2,1H3,(H,44,52)(H,45,51)(H,46,50)/t37-/m0/s1. The van der Waals surface area contributed by atoms with Gasteiger partial charge in [0, 0.05) is 80.6 Å². The van der Waals surface area contributed by atoms with Crippen LogP contribution in [-0.2, 0) is 11.2 Å². The molecule has 3 aliphatic rings. The maximum Gasteiger partial charge on any atom is 0.321 e. The van der Waals surface area contributed by atoms with Gasteiger partial charge in [-0.15, -0.1) is 0 Å². The Labute approximate surface area is 311 Å². The van der Waals surface area contributed by atoms with Crippen molar-refractivity contribution in [3.8, 4) is 11.3 Å². The molecule has 11 heteroatoms. The van der Waals surface area contributed by atoms with Crippen LogP contribution >= 0.6 is 0 Å². The SMILES string of the molecule is CN(CCN1CCOCC1)C(=O)Nc1cccc(C(=O)Nc2ccc(N3CCCCC3)cc2-c2cc(C(=O)N[C@H]3CCCc4ccccc43)ccn2)c1. The number of pyridine rings is 1. The van der Waals surface area contributed by atoms with Crippen LogP contribution in [0.25, 0.3) is 11.3 Å². The molecule has 7 rings (SSSR count). The van der Waals surface area contributed by atoms with Crippen molar-refractivity contribution >= 4 is 34.9 Å². The van der Waals surface area contributed by atoms with Gasteiger partial charge in [-0.25, -0.2) is 4.79 Å². The summed E-state index contributed by atoms with van der Waals surface area (Å²) >= 11 is 0. The van der Waals surface area contributed by atoms with Gasteiger partial charge in [-0.1, -0.05) is 30.3 Å². The summed E-state index contributed by atoms with van der Waals surface area (Å²) < 4.78 is 5.42. The van der Waals surface area contributed by atoms with Gasteiger partial charge in [0.2, 0.25) is 0 Å². The topological polar surface area (TPSA) is 119 Å². The first kappa shape index (κ1) is 36.1. The molecule has 4 aromatic rings. The Kier molecular flexibility index (Phi) is 11.6. The summed E-state index contributed by atoms with van der Waals surface area (Å²) in [5, 5.41) is 9.30. The summed E-state index contributed by atoms with van der Waals surface area (Å²) in [5.74, 6) is -0.475. The fourth-order valence-electron chi connectivity index (χ4n) is 7.44. The van der Waals surface area contributed by atoms with Gasteiger partial charge in [0.25, 0.3) is 11.8 Å². The molecule has 2 saturated heterocycles. The lowest BCUT2D eigenvalue weighted by Crippen LogP contribution is -2.42. The monoisotopic (exact) mass is 715 g/mol. The number of urea groups is 1. The third kappa shape index (κ3) is 9.04. The summed E-state index contributed by atoms with van der Waals surface area (Å²) in [7, 11) is 1.77. The van der Waals surface area contributed by atoms with Gasteiger partial charge in [-0.3, -0.25) is 19.5 Å². The highest BCUT2D eigenvalue weighted by Gasteiger charge is 2.23. The number of benzene rings is 3. The largest absolute Gasteiger partial charge is 0.379 e. The molecule has 1 aromatic heterocycles. The van der Waals surface area contributed by atoms with Gasteiger partial charge in [0.1, 0.15) is 0 Å².